The van der Waals surface area contributed by atoms with Crippen LogP contribution in [0.1, 0.15) is 51.4 Å². The van der Waals surface area contributed by atoms with Crippen LogP contribution in [0.4, 0.5) is 0 Å². The molecule has 1 N–H and O–H groups in total. The van der Waals surface area contributed by atoms with Crippen molar-refractivity contribution in [2.24, 2.45) is 5.41 Å². The van der Waals surface area contributed by atoms with Crippen molar-refractivity contribution in [3.8, 4) is 22.8 Å². The van der Waals surface area contributed by atoms with Crippen molar-refractivity contribution in [3.05, 3.63) is 125 Å². The van der Waals surface area contributed by atoms with E-state index in [2.05, 4.69) is 81.6 Å². The molecule has 0 fully saturated rings. The average molecular weight is 461 g/mol. The highest BCUT2D eigenvalue weighted by atomic mass is 16.4. The van der Waals surface area contributed by atoms with Gasteiger partial charge in [-0.15, -0.1) is 0 Å². The summed E-state index contributed by atoms with van der Waals surface area (Å²) in [6, 6.07) is 30.8. The second-order valence-electron chi connectivity index (χ2n) is 10.1. The molecule has 1 aliphatic carbocycles. The third-order valence-corrected chi connectivity index (χ3v) is 6.66. The van der Waals surface area contributed by atoms with Gasteiger partial charge in [0.15, 0.2) is 5.76 Å². The molecular formula is C32H32N2O. The molecule has 4 aromatic rings. The smallest absolute Gasteiger partial charge is 0.227 e. The number of nitrogens with one attached hydrogen (secondary N) is 1. The molecule has 3 heteroatoms. The first-order valence-corrected chi connectivity index (χ1v) is 12.2. The van der Waals surface area contributed by atoms with Gasteiger partial charge < -0.3 is 9.73 Å². The lowest BCUT2D eigenvalue weighted by atomic mass is 9.76. The first kappa shape index (κ1) is 22.9. The molecule has 1 heterocycles. The van der Waals surface area contributed by atoms with Gasteiger partial charge in [-0.25, -0.2) is 4.98 Å². The maximum atomic E-state index is 6.50. The Hall–Kier alpha value is -3.85. The maximum absolute atomic E-state index is 6.50. The molecule has 1 aliphatic rings. The van der Waals surface area contributed by atoms with Crippen LogP contribution >= 0.6 is 0 Å². The fourth-order valence-electron chi connectivity index (χ4n) is 5.25. The minimum atomic E-state index is -0.163. The van der Waals surface area contributed by atoms with E-state index in [1.54, 1.807) is 0 Å². The van der Waals surface area contributed by atoms with Crippen molar-refractivity contribution in [2.45, 2.75) is 40.2 Å². The highest BCUT2D eigenvalue weighted by Gasteiger charge is 2.33. The Morgan fingerprint density at radius 3 is 1.97 bits per heavy atom. The molecule has 3 aromatic carbocycles. The van der Waals surface area contributed by atoms with E-state index < -0.39 is 0 Å². The standard InChI is InChI=1S/C32H32N2O/c1-22-20-23(2)30(32(3,4)21-22)33-27(24-14-8-5-9-15-24)28-29(25-16-10-6-11-17-25)35-31(34-28)26-18-12-7-13-19-26/h5-20,27,33H,21H2,1-4H3. The summed E-state index contributed by atoms with van der Waals surface area (Å²) >= 11 is 0. The van der Waals surface area contributed by atoms with E-state index in [4.69, 9.17) is 9.40 Å². The molecule has 0 spiro atoms. The molecule has 0 bridgehead atoms. The Bertz CT molecular complexity index is 1360. The van der Waals surface area contributed by atoms with Gasteiger partial charge in [0.1, 0.15) is 5.69 Å². The van der Waals surface area contributed by atoms with Crippen LogP contribution in [-0.4, -0.2) is 4.98 Å². The van der Waals surface area contributed by atoms with Gasteiger partial charge >= 0.3 is 0 Å². The van der Waals surface area contributed by atoms with E-state index >= 15 is 0 Å². The van der Waals surface area contributed by atoms with Gasteiger partial charge in [0.05, 0.1) is 6.04 Å². The van der Waals surface area contributed by atoms with Crippen LogP contribution in [0.5, 0.6) is 0 Å². The highest BCUT2D eigenvalue weighted by molar-refractivity contribution is 5.65. The van der Waals surface area contributed by atoms with Crippen LogP contribution < -0.4 is 5.32 Å². The van der Waals surface area contributed by atoms with Gasteiger partial charge in [0.2, 0.25) is 5.89 Å². The summed E-state index contributed by atoms with van der Waals surface area (Å²) in [5, 5.41) is 3.94. The van der Waals surface area contributed by atoms with Crippen molar-refractivity contribution in [1.82, 2.24) is 10.3 Å². The lowest BCUT2D eigenvalue weighted by Crippen LogP contribution is -2.34. The normalized spacial score (nSPS) is 16.1. The zero-order chi connectivity index (χ0) is 24.4. The molecule has 35 heavy (non-hydrogen) atoms. The first-order chi connectivity index (χ1) is 16.9. The molecule has 0 radical (unpaired) electrons. The SMILES string of the molecule is CC1=CC(C)=C(NC(c2ccccc2)c2nc(-c3ccccc3)oc2-c2ccccc2)C(C)(C)C1. The monoisotopic (exact) mass is 460 g/mol. The minimum absolute atomic E-state index is 0.00511. The molecule has 176 valence electrons. The molecule has 0 saturated heterocycles. The van der Waals surface area contributed by atoms with E-state index in [0.29, 0.717) is 5.89 Å². The maximum Gasteiger partial charge on any atom is 0.227 e. The van der Waals surface area contributed by atoms with Crippen LogP contribution in [0.3, 0.4) is 0 Å². The molecule has 0 aliphatic heterocycles. The van der Waals surface area contributed by atoms with Crippen molar-refractivity contribution < 1.29 is 4.42 Å². The predicted molar refractivity (Wildman–Crippen MR) is 144 cm³/mol. The van der Waals surface area contributed by atoms with Crippen molar-refractivity contribution >= 4 is 0 Å². The summed E-state index contributed by atoms with van der Waals surface area (Å²) in [5.74, 6) is 1.43. The van der Waals surface area contributed by atoms with E-state index in [1.807, 2.05) is 48.5 Å². The molecule has 1 atom stereocenters. The Morgan fingerprint density at radius 1 is 0.800 bits per heavy atom. The van der Waals surface area contributed by atoms with Gasteiger partial charge in [0, 0.05) is 22.2 Å². The summed E-state index contributed by atoms with van der Waals surface area (Å²) < 4.78 is 6.50. The van der Waals surface area contributed by atoms with Crippen LogP contribution in [0.2, 0.25) is 0 Å². The van der Waals surface area contributed by atoms with Crippen LogP contribution in [0.25, 0.3) is 22.8 Å². The molecule has 5 rings (SSSR count). The minimum Gasteiger partial charge on any atom is -0.436 e. The average Bonchev–Trinajstić information content (AvgIpc) is 3.30. The molecule has 0 saturated carbocycles. The second-order valence-corrected chi connectivity index (χ2v) is 10.1. The van der Waals surface area contributed by atoms with Crippen molar-refractivity contribution in [1.29, 1.82) is 0 Å². The Morgan fingerprint density at radius 2 is 1.37 bits per heavy atom. The van der Waals surface area contributed by atoms with Gasteiger partial charge in [-0.1, -0.05) is 104 Å². The molecular weight excluding hydrogens is 428 g/mol. The van der Waals surface area contributed by atoms with E-state index in [0.717, 1.165) is 34.6 Å². The van der Waals surface area contributed by atoms with Gasteiger partial charge in [-0.2, -0.15) is 0 Å². The summed E-state index contributed by atoms with van der Waals surface area (Å²) in [4.78, 5) is 5.12. The molecule has 1 unspecified atom stereocenters. The number of nitrogens with zero attached hydrogens (tertiary/aromatic N) is 1. The Balaban J connectivity index is 1.70. The number of hydrogen-bond donors (Lipinski definition) is 1. The first-order valence-electron chi connectivity index (χ1n) is 12.2. The number of rotatable bonds is 6. The lowest BCUT2D eigenvalue weighted by molar-refractivity contribution is 0.386. The van der Waals surface area contributed by atoms with Crippen molar-refractivity contribution in [3.63, 3.8) is 0 Å². The fraction of sp³-hybridized carbons (Fsp3) is 0.219. The summed E-state index contributed by atoms with van der Waals surface area (Å²) in [6.07, 6.45) is 3.32. The molecule has 0 amide bonds. The lowest BCUT2D eigenvalue weighted by Gasteiger charge is -2.36. The number of benzene rings is 3. The van der Waals surface area contributed by atoms with Crippen LogP contribution in [0.15, 0.2) is 118 Å². The zero-order valence-electron chi connectivity index (χ0n) is 20.9. The predicted octanol–water partition coefficient (Wildman–Crippen LogP) is 8.34. The second kappa shape index (κ2) is 9.42. The largest absolute Gasteiger partial charge is 0.436 e. The Kier molecular flexibility index (Phi) is 6.17. The van der Waals surface area contributed by atoms with Crippen LogP contribution in [-0.2, 0) is 0 Å². The van der Waals surface area contributed by atoms with Crippen LogP contribution in [0, 0.1) is 5.41 Å². The molecule has 1 aromatic heterocycles. The third kappa shape index (κ3) is 4.72. The molecule has 3 nitrogen and oxygen atoms in total. The third-order valence-electron chi connectivity index (χ3n) is 6.66. The van der Waals surface area contributed by atoms with Gasteiger partial charge in [-0.05, 0) is 43.5 Å². The number of allylic oxidation sites excluding steroid dienone is 4. The summed E-state index contributed by atoms with van der Waals surface area (Å²) in [6.45, 7) is 9.04. The van der Waals surface area contributed by atoms with Gasteiger partial charge in [0.25, 0.3) is 0 Å². The van der Waals surface area contributed by atoms with E-state index in [9.17, 15) is 0 Å². The summed E-state index contributed by atoms with van der Waals surface area (Å²) in [7, 11) is 0. The Labute approximate surface area is 208 Å². The number of aromatic nitrogens is 1. The fourth-order valence-corrected chi connectivity index (χ4v) is 5.25. The number of oxazole rings is 1. The highest BCUT2D eigenvalue weighted by Crippen LogP contribution is 2.42. The topological polar surface area (TPSA) is 38.1 Å². The van der Waals surface area contributed by atoms with Gasteiger partial charge in [-0.3, -0.25) is 0 Å². The van der Waals surface area contributed by atoms with Crippen molar-refractivity contribution in [2.75, 3.05) is 0 Å². The zero-order valence-corrected chi connectivity index (χ0v) is 20.9. The number of hydrogen-bond acceptors (Lipinski definition) is 3. The quantitative estimate of drug-likeness (QED) is 0.314. The van der Waals surface area contributed by atoms with E-state index in [-0.39, 0.29) is 11.5 Å². The summed E-state index contributed by atoms with van der Waals surface area (Å²) in [5.41, 5.74) is 7.96. The van der Waals surface area contributed by atoms with E-state index in [1.165, 1.54) is 16.8 Å².